The lowest BCUT2D eigenvalue weighted by Gasteiger charge is -2.27. The number of phosphoric ester groups is 1. The molecule has 2 N–H and O–H groups in total. The van der Waals surface area contributed by atoms with E-state index >= 15 is 0 Å². The Bertz CT molecular complexity index is 571. The van der Waals surface area contributed by atoms with Crippen LogP contribution in [-0.4, -0.2) is 79.7 Å². The van der Waals surface area contributed by atoms with E-state index < -0.39 is 32.5 Å². The molecule has 0 aliphatic rings. The van der Waals surface area contributed by atoms with Crippen LogP contribution < -0.4 is 0 Å². The van der Waals surface area contributed by atoms with Crippen LogP contribution in [0.5, 0.6) is 0 Å². The van der Waals surface area contributed by atoms with E-state index in [0.29, 0.717) is 6.42 Å². The van der Waals surface area contributed by atoms with Crippen molar-refractivity contribution >= 4 is 19.8 Å². The second-order valence-electron chi connectivity index (χ2n) is 8.46. The first-order valence-electron chi connectivity index (χ1n) is 11.4. The molecule has 0 bridgehead atoms. The monoisotopic (exact) mass is 484 g/mol. The fraction of sp³-hybridized carbons (Fsp3) is 0.905. The van der Waals surface area contributed by atoms with E-state index in [1.807, 2.05) is 6.92 Å². The average Bonchev–Trinajstić information content (AvgIpc) is 2.72. The summed E-state index contributed by atoms with van der Waals surface area (Å²) in [5.41, 5.74) is 0. The maximum atomic E-state index is 12.1. The quantitative estimate of drug-likeness (QED) is 0.0880. The van der Waals surface area contributed by atoms with Gasteiger partial charge in [-0.1, -0.05) is 46.0 Å². The minimum atomic E-state index is -4.40. The van der Waals surface area contributed by atoms with Crippen molar-refractivity contribution in [3.05, 3.63) is 0 Å². The Balaban J connectivity index is 4.50. The summed E-state index contributed by atoms with van der Waals surface area (Å²) in [4.78, 5) is 33.6. The van der Waals surface area contributed by atoms with E-state index in [2.05, 4.69) is 6.92 Å². The Labute approximate surface area is 192 Å². The number of aliphatic hydroxyl groups is 1. The van der Waals surface area contributed by atoms with Crippen molar-refractivity contribution in [1.82, 2.24) is 0 Å². The van der Waals surface area contributed by atoms with Crippen molar-refractivity contribution < 1.29 is 47.2 Å². The third-order valence-corrected chi connectivity index (χ3v) is 5.66. The molecule has 0 amide bonds. The standard InChI is InChI=1S/C21H42NO9P/c1-5-7-8-9-10-11-13-20(24)28-16-19(31-21(25)12-6-2)17-30-32(26,27)29-15-14-22(3,4)18-23/h19,23H,5-18H2,1-4H3/p+1/t19-/m0/s1. The highest BCUT2D eigenvalue weighted by atomic mass is 31.2. The molecule has 190 valence electrons. The number of hydrogen-bond donors (Lipinski definition) is 2. The highest BCUT2D eigenvalue weighted by Gasteiger charge is 2.27. The summed E-state index contributed by atoms with van der Waals surface area (Å²) in [6.45, 7) is 3.26. The Morgan fingerprint density at radius 3 is 2.19 bits per heavy atom. The summed E-state index contributed by atoms with van der Waals surface area (Å²) in [5.74, 6) is -0.923. The number of rotatable bonds is 20. The first-order valence-corrected chi connectivity index (χ1v) is 12.9. The summed E-state index contributed by atoms with van der Waals surface area (Å²) in [5, 5.41) is 9.20. The number of unbranched alkanes of at least 4 members (excludes halogenated alkanes) is 5. The normalized spacial score (nSPS) is 14.6. The highest BCUT2D eigenvalue weighted by Crippen LogP contribution is 2.43. The molecule has 0 heterocycles. The van der Waals surface area contributed by atoms with Gasteiger partial charge in [0.25, 0.3) is 0 Å². The van der Waals surface area contributed by atoms with E-state index in [4.69, 9.17) is 18.5 Å². The Morgan fingerprint density at radius 1 is 0.906 bits per heavy atom. The average molecular weight is 485 g/mol. The number of hydrogen-bond acceptors (Lipinski definition) is 8. The fourth-order valence-corrected chi connectivity index (χ4v) is 3.30. The number of likely N-dealkylation sites (N-methyl/N-ethyl adjacent to an activating group) is 1. The smallest absolute Gasteiger partial charge is 0.462 e. The van der Waals surface area contributed by atoms with E-state index in [1.165, 1.54) is 6.42 Å². The van der Waals surface area contributed by atoms with E-state index in [0.717, 1.165) is 32.1 Å². The van der Waals surface area contributed by atoms with E-state index in [9.17, 15) is 24.2 Å². The van der Waals surface area contributed by atoms with Gasteiger partial charge in [0.15, 0.2) is 12.8 Å². The molecular weight excluding hydrogens is 441 g/mol. The van der Waals surface area contributed by atoms with Crippen molar-refractivity contribution in [3.63, 3.8) is 0 Å². The molecule has 0 fully saturated rings. The van der Waals surface area contributed by atoms with Gasteiger partial charge in [-0.2, -0.15) is 0 Å². The molecule has 32 heavy (non-hydrogen) atoms. The van der Waals surface area contributed by atoms with Crippen LogP contribution in [0.15, 0.2) is 0 Å². The summed E-state index contributed by atoms with van der Waals surface area (Å²) in [6, 6.07) is 0. The lowest BCUT2D eigenvalue weighted by molar-refractivity contribution is -0.908. The molecule has 0 spiro atoms. The molecule has 0 aliphatic heterocycles. The van der Waals surface area contributed by atoms with Gasteiger partial charge < -0.3 is 24.0 Å². The Hall–Kier alpha value is -1.03. The van der Waals surface area contributed by atoms with Gasteiger partial charge in [0.1, 0.15) is 19.8 Å². The van der Waals surface area contributed by atoms with Gasteiger partial charge in [-0.3, -0.25) is 18.6 Å². The molecule has 2 atom stereocenters. The molecular formula is C21H43NO9P+. The largest absolute Gasteiger partial charge is 0.472 e. The Morgan fingerprint density at radius 2 is 1.56 bits per heavy atom. The number of carbonyl (C=O) groups excluding carboxylic acids is 2. The first-order chi connectivity index (χ1) is 15.0. The van der Waals surface area contributed by atoms with Gasteiger partial charge in [-0.05, 0) is 12.8 Å². The van der Waals surface area contributed by atoms with Gasteiger partial charge in [-0.25, -0.2) is 4.57 Å². The summed E-state index contributed by atoms with van der Waals surface area (Å²) in [6.07, 6.45) is 6.24. The van der Waals surface area contributed by atoms with Gasteiger partial charge >= 0.3 is 19.8 Å². The minimum absolute atomic E-state index is 0.116. The van der Waals surface area contributed by atoms with Crippen LogP contribution in [0.25, 0.3) is 0 Å². The van der Waals surface area contributed by atoms with Gasteiger partial charge in [0.2, 0.25) is 0 Å². The van der Waals surface area contributed by atoms with Crippen LogP contribution in [-0.2, 0) is 32.7 Å². The van der Waals surface area contributed by atoms with Crippen molar-refractivity contribution in [2.45, 2.75) is 77.7 Å². The van der Waals surface area contributed by atoms with Crippen LogP contribution in [0.1, 0.15) is 71.6 Å². The molecule has 0 aliphatic carbocycles. The zero-order chi connectivity index (χ0) is 24.5. The minimum Gasteiger partial charge on any atom is -0.462 e. The predicted octanol–water partition coefficient (Wildman–Crippen LogP) is 3.15. The number of quaternary nitrogens is 1. The lowest BCUT2D eigenvalue weighted by Crippen LogP contribution is -2.42. The lowest BCUT2D eigenvalue weighted by atomic mass is 10.1. The van der Waals surface area contributed by atoms with Gasteiger partial charge in [-0.15, -0.1) is 0 Å². The molecule has 11 heteroatoms. The molecule has 0 aromatic heterocycles. The van der Waals surface area contributed by atoms with E-state index in [-0.39, 0.29) is 43.8 Å². The first kappa shape index (κ1) is 31.0. The zero-order valence-electron chi connectivity index (χ0n) is 20.1. The van der Waals surface area contributed by atoms with Crippen LogP contribution in [0.2, 0.25) is 0 Å². The number of carbonyl (C=O) groups is 2. The zero-order valence-corrected chi connectivity index (χ0v) is 21.0. The maximum absolute atomic E-state index is 12.1. The summed E-state index contributed by atoms with van der Waals surface area (Å²) >= 11 is 0. The van der Waals surface area contributed by atoms with Crippen molar-refractivity contribution in [2.75, 3.05) is 47.2 Å². The number of esters is 2. The number of phosphoric acid groups is 1. The van der Waals surface area contributed by atoms with Crippen LogP contribution in [0.4, 0.5) is 0 Å². The summed E-state index contributed by atoms with van der Waals surface area (Å²) in [7, 11) is -0.941. The van der Waals surface area contributed by atoms with Gasteiger partial charge in [0.05, 0.1) is 20.7 Å². The second kappa shape index (κ2) is 17.4. The predicted molar refractivity (Wildman–Crippen MR) is 120 cm³/mol. The van der Waals surface area contributed by atoms with Crippen LogP contribution in [0, 0.1) is 0 Å². The molecule has 1 unspecified atom stereocenters. The second-order valence-corrected chi connectivity index (χ2v) is 9.91. The number of ether oxygens (including phenoxy) is 2. The maximum Gasteiger partial charge on any atom is 0.472 e. The summed E-state index contributed by atoms with van der Waals surface area (Å²) < 4.78 is 32.5. The molecule has 10 nitrogen and oxygen atoms in total. The third kappa shape index (κ3) is 17.5. The Kier molecular flexibility index (Phi) is 16.9. The van der Waals surface area contributed by atoms with Crippen molar-refractivity contribution in [3.8, 4) is 0 Å². The fourth-order valence-electron chi connectivity index (χ4n) is 2.56. The molecule has 0 aromatic rings. The topological polar surface area (TPSA) is 129 Å². The van der Waals surface area contributed by atoms with E-state index in [1.54, 1.807) is 14.1 Å². The highest BCUT2D eigenvalue weighted by molar-refractivity contribution is 7.47. The van der Waals surface area contributed by atoms with Crippen molar-refractivity contribution in [2.24, 2.45) is 0 Å². The number of nitrogens with zero attached hydrogens (tertiary/aromatic N) is 1. The number of aliphatic hydroxyl groups excluding tert-OH is 1. The van der Waals surface area contributed by atoms with Gasteiger partial charge in [0, 0.05) is 12.8 Å². The molecule has 0 saturated heterocycles. The molecule has 0 radical (unpaired) electrons. The van der Waals surface area contributed by atoms with Crippen LogP contribution >= 0.6 is 7.82 Å². The van der Waals surface area contributed by atoms with Crippen molar-refractivity contribution in [1.29, 1.82) is 0 Å². The molecule has 0 saturated carbocycles. The molecule has 0 aromatic carbocycles. The molecule has 0 rings (SSSR count). The van der Waals surface area contributed by atoms with Crippen LogP contribution in [0.3, 0.4) is 0 Å². The third-order valence-electron chi connectivity index (χ3n) is 4.67. The SMILES string of the molecule is CCCCCCCCC(=O)OC[C@@H](COP(=O)(O)OCC[N+](C)(C)CO)OC(=O)CCC.